The fourth-order valence-corrected chi connectivity index (χ4v) is 2.37. The largest absolute Gasteiger partial charge is 0.375 e. The number of halogens is 1. The van der Waals surface area contributed by atoms with E-state index in [1.807, 2.05) is 25.1 Å². The highest BCUT2D eigenvalue weighted by atomic mass is 79.9. The molecule has 6 heteroatoms. The van der Waals surface area contributed by atoms with Crippen LogP contribution in [-0.4, -0.2) is 36.5 Å². The Labute approximate surface area is 114 Å². The molecule has 0 bridgehead atoms. The Morgan fingerprint density at radius 2 is 2.33 bits per heavy atom. The molecule has 0 aromatic heterocycles. The van der Waals surface area contributed by atoms with E-state index in [2.05, 4.69) is 26.6 Å². The maximum absolute atomic E-state index is 11.8. The zero-order valence-electron chi connectivity index (χ0n) is 10.00. The molecule has 1 heterocycles. The Morgan fingerprint density at radius 3 is 2.94 bits per heavy atom. The molecule has 1 aliphatic rings. The van der Waals surface area contributed by atoms with Crippen LogP contribution in [0.1, 0.15) is 5.56 Å². The molecule has 1 fully saturated rings. The molecular formula is C12H14BrN3O2. The average Bonchev–Trinajstić information content (AvgIpc) is 2.74. The van der Waals surface area contributed by atoms with Crippen molar-refractivity contribution >= 4 is 33.6 Å². The molecule has 0 saturated carbocycles. The molecule has 0 atom stereocenters. The van der Waals surface area contributed by atoms with Gasteiger partial charge in [-0.15, -0.1) is 0 Å². The van der Waals surface area contributed by atoms with Crippen molar-refractivity contribution in [2.75, 3.05) is 25.0 Å². The number of rotatable bonds is 3. The lowest BCUT2D eigenvalue weighted by molar-refractivity contribution is -0.125. The molecular weight excluding hydrogens is 298 g/mol. The van der Waals surface area contributed by atoms with E-state index in [1.165, 1.54) is 4.90 Å². The van der Waals surface area contributed by atoms with E-state index in [-0.39, 0.29) is 18.5 Å². The van der Waals surface area contributed by atoms with E-state index < -0.39 is 0 Å². The van der Waals surface area contributed by atoms with Crippen LogP contribution < -0.4 is 10.6 Å². The summed E-state index contributed by atoms with van der Waals surface area (Å²) in [7, 11) is 0. The standard InChI is InChI=1S/C12H14BrN3O2/c1-8-2-3-10(9(13)6-8)15-7-11(17)16-5-4-14-12(16)18/h2-3,6,15H,4-5,7H2,1H3,(H,14,18). The average molecular weight is 312 g/mol. The van der Waals surface area contributed by atoms with Gasteiger partial charge in [0, 0.05) is 23.2 Å². The van der Waals surface area contributed by atoms with Crippen molar-refractivity contribution in [1.82, 2.24) is 10.2 Å². The summed E-state index contributed by atoms with van der Waals surface area (Å²) in [4.78, 5) is 24.3. The van der Waals surface area contributed by atoms with Gasteiger partial charge >= 0.3 is 6.03 Å². The van der Waals surface area contributed by atoms with E-state index in [0.29, 0.717) is 13.1 Å². The molecule has 18 heavy (non-hydrogen) atoms. The summed E-state index contributed by atoms with van der Waals surface area (Å²) in [5.74, 6) is -0.225. The van der Waals surface area contributed by atoms with Crippen LogP contribution in [0.3, 0.4) is 0 Å². The fourth-order valence-electron chi connectivity index (χ4n) is 1.74. The van der Waals surface area contributed by atoms with Gasteiger partial charge in [0.15, 0.2) is 0 Å². The van der Waals surface area contributed by atoms with Gasteiger partial charge in [-0.2, -0.15) is 0 Å². The minimum Gasteiger partial charge on any atom is -0.375 e. The first kappa shape index (κ1) is 12.9. The lowest BCUT2D eigenvalue weighted by Crippen LogP contribution is -2.38. The normalized spacial score (nSPS) is 14.6. The molecule has 0 spiro atoms. The molecule has 1 aromatic rings. The lowest BCUT2D eigenvalue weighted by Gasteiger charge is -2.14. The second kappa shape index (κ2) is 5.39. The predicted octanol–water partition coefficient (Wildman–Crippen LogP) is 1.72. The highest BCUT2D eigenvalue weighted by Crippen LogP contribution is 2.23. The van der Waals surface area contributed by atoms with Crippen LogP contribution in [-0.2, 0) is 4.79 Å². The summed E-state index contributed by atoms with van der Waals surface area (Å²) in [6, 6.07) is 5.51. The summed E-state index contributed by atoms with van der Waals surface area (Å²) in [5, 5.41) is 5.62. The second-order valence-electron chi connectivity index (χ2n) is 4.11. The quantitative estimate of drug-likeness (QED) is 0.893. The van der Waals surface area contributed by atoms with Gasteiger partial charge in [-0.1, -0.05) is 6.07 Å². The zero-order valence-corrected chi connectivity index (χ0v) is 11.6. The van der Waals surface area contributed by atoms with Crippen molar-refractivity contribution in [3.63, 3.8) is 0 Å². The monoisotopic (exact) mass is 311 g/mol. The van der Waals surface area contributed by atoms with Crippen LogP contribution in [0.5, 0.6) is 0 Å². The highest BCUT2D eigenvalue weighted by Gasteiger charge is 2.25. The third-order valence-corrected chi connectivity index (χ3v) is 3.37. The van der Waals surface area contributed by atoms with Gasteiger partial charge in [0.25, 0.3) is 0 Å². The van der Waals surface area contributed by atoms with Crippen LogP contribution in [0.2, 0.25) is 0 Å². The molecule has 0 radical (unpaired) electrons. The van der Waals surface area contributed by atoms with Crippen LogP contribution in [0.4, 0.5) is 10.5 Å². The van der Waals surface area contributed by atoms with E-state index >= 15 is 0 Å². The predicted molar refractivity (Wildman–Crippen MR) is 72.5 cm³/mol. The van der Waals surface area contributed by atoms with Crippen molar-refractivity contribution in [1.29, 1.82) is 0 Å². The first-order chi connectivity index (χ1) is 8.58. The Kier molecular flexibility index (Phi) is 3.86. The Hall–Kier alpha value is -1.56. The maximum Gasteiger partial charge on any atom is 0.324 e. The third kappa shape index (κ3) is 2.81. The summed E-state index contributed by atoms with van der Waals surface area (Å²) in [5.41, 5.74) is 1.98. The summed E-state index contributed by atoms with van der Waals surface area (Å²) in [6.07, 6.45) is 0. The van der Waals surface area contributed by atoms with Crippen molar-refractivity contribution < 1.29 is 9.59 Å². The van der Waals surface area contributed by atoms with Crippen molar-refractivity contribution in [3.05, 3.63) is 28.2 Å². The Balaban J connectivity index is 1.95. The van der Waals surface area contributed by atoms with Crippen LogP contribution in [0.25, 0.3) is 0 Å². The minimum absolute atomic E-state index is 0.106. The number of carbonyl (C=O) groups is 2. The zero-order chi connectivity index (χ0) is 13.1. The fraction of sp³-hybridized carbons (Fsp3) is 0.333. The van der Waals surface area contributed by atoms with Crippen molar-refractivity contribution in [2.45, 2.75) is 6.92 Å². The van der Waals surface area contributed by atoms with Gasteiger partial charge in [0.05, 0.1) is 6.54 Å². The Morgan fingerprint density at radius 1 is 1.56 bits per heavy atom. The van der Waals surface area contributed by atoms with Crippen molar-refractivity contribution in [3.8, 4) is 0 Å². The maximum atomic E-state index is 11.8. The van der Waals surface area contributed by atoms with Crippen LogP contribution >= 0.6 is 15.9 Å². The first-order valence-corrected chi connectivity index (χ1v) is 6.45. The van der Waals surface area contributed by atoms with E-state index in [4.69, 9.17) is 0 Å². The summed E-state index contributed by atoms with van der Waals surface area (Å²) < 4.78 is 0.904. The molecule has 2 rings (SSSR count). The second-order valence-corrected chi connectivity index (χ2v) is 4.97. The minimum atomic E-state index is -0.315. The number of hydrogen-bond donors (Lipinski definition) is 2. The lowest BCUT2D eigenvalue weighted by atomic mass is 10.2. The van der Waals surface area contributed by atoms with E-state index in [1.54, 1.807) is 0 Å². The molecule has 3 amide bonds. The van der Waals surface area contributed by atoms with Gasteiger partial charge in [-0.05, 0) is 40.5 Å². The number of carbonyl (C=O) groups excluding carboxylic acids is 2. The molecule has 1 saturated heterocycles. The van der Waals surface area contributed by atoms with Gasteiger partial charge in [0.2, 0.25) is 5.91 Å². The van der Waals surface area contributed by atoms with E-state index in [9.17, 15) is 9.59 Å². The molecule has 96 valence electrons. The third-order valence-electron chi connectivity index (χ3n) is 2.71. The highest BCUT2D eigenvalue weighted by molar-refractivity contribution is 9.10. The number of amides is 3. The SMILES string of the molecule is Cc1ccc(NCC(=O)N2CCNC2=O)c(Br)c1. The number of nitrogens with one attached hydrogen (secondary N) is 2. The molecule has 0 unspecified atom stereocenters. The van der Waals surface area contributed by atoms with Gasteiger partial charge < -0.3 is 10.6 Å². The molecule has 5 nitrogen and oxygen atoms in total. The van der Waals surface area contributed by atoms with Gasteiger partial charge in [-0.25, -0.2) is 4.79 Å². The Bertz CT molecular complexity index is 490. The molecule has 1 aliphatic heterocycles. The molecule has 2 N–H and O–H groups in total. The number of anilines is 1. The topological polar surface area (TPSA) is 61.4 Å². The first-order valence-electron chi connectivity index (χ1n) is 5.66. The van der Waals surface area contributed by atoms with Crippen LogP contribution in [0, 0.1) is 6.92 Å². The van der Waals surface area contributed by atoms with Crippen molar-refractivity contribution in [2.24, 2.45) is 0 Å². The number of imide groups is 1. The number of urea groups is 1. The molecule has 1 aromatic carbocycles. The van der Waals surface area contributed by atoms with Gasteiger partial charge in [-0.3, -0.25) is 9.69 Å². The van der Waals surface area contributed by atoms with Gasteiger partial charge in [0.1, 0.15) is 0 Å². The smallest absolute Gasteiger partial charge is 0.324 e. The summed E-state index contributed by atoms with van der Waals surface area (Å²) in [6.45, 7) is 3.07. The van der Waals surface area contributed by atoms with Crippen LogP contribution in [0.15, 0.2) is 22.7 Å². The summed E-state index contributed by atoms with van der Waals surface area (Å²) >= 11 is 3.43. The van der Waals surface area contributed by atoms with E-state index in [0.717, 1.165) is 15.7 Å². The number of hydrogen-bond acceptors (Lipinski definition) is 3. The molecule has 0 aliphatic carbocycles. The number of benzene rings is 1. The number of aryl methyl sites for hydroxylation is 1. The number of nitrogens with zero attached hydrogens (tertiary/aromatic N) is 1.